The number of rotatable bonds is 6. The number of hydrogen-bond donors (Lipinski definition) is 1. The van der Waals surface area contributed by atoms with Crippen molar-refractivity contribution in [2.24, 2.45) is 5.73 Å². The van der Waals surface area contributed by atoms with Gasteiger partial charge in [0.1, 0.15) is 35.5 Å². The quantitative estimate of drug-likeness (QED) is 0.623. The largest absolute Gasteiger partial charge is 0.490 e. The molecule has 0 aliphatic rings. The first-order valence-corrected chi connectivity index (χ1v) is 7.37. The first-order valence-electron chi connectivity index (χ1n) is 6.17. The van der Waals surface area contributed by atoms with Crippen LogP contribution in [-0.4, -0.2) is 18.2 Å². The van der Waals surface area contributed by atoms with Crippen molar-refractivity contribution in [2.75, 3.05) is 13.2 Å². The van der Waals surface area contributed by atoms with Crippen LogP contribution in [0, 0.1) is 5.82 Å². The number of nitrogens with two attached hydrogens (primary N) is 1. The first-order chi connectivity index (χ1) is 10.1. The van der Waals surface area contributed by atoms with Gasteiger partial charge in [0.15, 0.2) is 0 Å². The third-order valence-corrected chi connectivity index (χ3v) is 3.47. The summed E-state index contributed by atoms with van der Waals surface area (Å²) in [6.45, 7) is 0.700. The Hall–Kier alpha value is -1.66. The van der Waals surface area contributed by atoms with Crippen molar-refractivity contribution < 1.29 is 13.9 Å². The minimum atomic E-state index is -0.326. The summed E-state index contributed by atoms with van der Waals surface area (Å²) >= 11 is 8.01. The lowest BCUT2D eigenvalue weighted by Gasteiger charge is -2.09. The Morgan fingerprint density at radius 3 is 2.38 bits per heavy atom. The molecule has 0 spiro atoms. The van der Waals surface area contributed by atoms with Crippen LogP contribution in [0.1, 0.15) is 5.56 Å². The molecule has 0 saturated carbocycles. The first kappa shape index (κ1) is 15.7. The Morgan fingerprint density at radius 1 is 1.10 bits per heavy atom. The van der Waals surface area contributed by atoms with Crippen molar-refractivity contribution in [2.45, 2.75) is 0 Å². The van der Waals surface area contributed by atoms with Gasteiger partial charge in [-0.1, -0.05) is 24.4 Å². The highest BCUT2D eigenvalue weighted by atomic mass is 79.9. The van der Waals surface area contributed by atoms with Gasteiger partial charge < -0.3 is 15.2 Å². The molecule has 2 N–H and O–H groups in total. The molecule has 0 bridgehead atoms. The average Bonchev–Trinajstić information content (AvgIpc) is 2.47. The summed E-state index contributed by atoms with van der Waals surface area (Å²) in [6, 6.07) is 11.7. The fourth-order valence-corrected chi connectivity index (χ4v) is 2.11. The van der Waals surface area contributed by atoms with E-state index in [-0.39, 0.29) is 5.82 Å². The van der Waals surface area contributed by atoms with Gasteiger partial charge in [-0.15, -0.1) is 0 Å². The van der Waals surface area contributed by atoms with Gasteiger partial charge in [0, 0.05) is 5.56 Å². The van der Waals surface area contributed by atoms with Crippen molar-refractivity contribution in [1.82, 2.24) is 0 Å². The Balaban J connectivity index is 1.83. The highest BCUT2D eigenvalue weighted by Crippen LogP contribution is 2.21. The summed E-state index contributed by atoms with van der Waals surface area (Å²) in [6.07, 6.45) is 0. The fourth-order valence-electron chi connectivity index (χ4n) is 1.62. The highest BCUT2D eigenvalue weighted by Gasteiger charge is 2.02. The monoisotopic (exact) mass is 369 g/mol. The summed E-state index contributed by atoms with van der Waals surface area (Å²) in [5, 5.41) is 0. The number of halogens is 2. The predicted molar refractivity (Wildman–Crippen MR) is 87.4 cm³/mol. The van der Waals surface area contributed by atoms with Crippen LogP contribution in [0.5, 0.6) is 11.5 Å². The molecule has 0 atom stereocenters. The summed E-state index contributed by atoms with van der Waals surface area (Å²) in [4.78, 5) is 0.327. The van der Waals surface area contributed by atoms with Crippen molar-refractivity contribution in [1.29, 1.82) is 0 Å². The van der Waals surface area contributed by atoms with Gasteiger partial charge in [-0.2, -0.15) is 0 Å². The zero-order chi connectivity index (χ0) is 15.2. The van der Waals surface area contributed by atoms with Gasteiger partial charge in [0.05, 0.1) is 4.47 Å². The van der Waals surface area contributed by atoms with E-state index >= 15 is 0 Å². The zero-order valence-electron chi connectivity index (χ0n) is 11.0. The molecule has 2 rings (SSSR count). The SMILES string of the molecule is NC(=S)c1cccc(OCCOc2ccc(F)c(Br)c2)c1. The van der Waals surface area contributed by atoms with E-state index in [9.17, 15) is 4.39 Å². The lowest BCUT2D eigenvalue weighted by Crippen LogP contribution is -2.11. The molecule has 0 heterocycles. The maximum Gasteiger partial charge on any atom is 0.137 e. The molecule has 2 aromatic carbocycles. The van der Waals surface area contributed by atoms with E-state index < -0.39 is 0 Å². The van der Waals surface area contributed by atoms with Crippen LogP contribution >= 0.6 is 28.1 Å². The Bertz CT molecular complexity index is 651. The van der Waals surface area contributed by atoms with Gasteiger partial charge in [-0.25, -0.2) is 4.39 Å². The maximum absolute atomic E-state index is 13.1. The van der Waals surface area contributed by atoms with E-state index in [2.05, 4.69) is 15.9 Å². The van der Waals surface area contributed by atoms with Crippen LogP contribution in [0.2, 0.25) is 0 Å². The van der Waals surface area contributed by atoms with Gasteiger partial charge >= 0.3 is 0 Å². The van der Waals surface area contributed by atoms with Crippen LogP contribution in [0.4, 0.5) is 4.39 Å². The number of ether oxygens (including phenoxy) is 2. The standard InChI is InChI=1S/C15H13BrFNO2S/c16-13-9-12(4-5-14(13)17)20-7-6-19-11-3-1-2-10(8-11)15(18)21/h1-5,8-9H,6-7H2,(H2,18,21). The topological polar surface area (TPSA) is 44.5 Å². The molecule has 6 heteroatoms. The van der Waals surface area contributed by atoms with Crippen LogP contribution in [0.15, 0.2) is 46.9 Å². The highest BCUT2D eigenvalue weighted by molar-refractivity contribution is 9.10. The van der Waals surface area contributed by atoms with E-state index in [1.165, 1.54) is 6.07 Å². The Kier molecular flexibility index (Phi) is 5.52. The molecule has 0 aliphatic carbocycles. The molecule has 3 nitrogen and oxygen atoms in total. The molecule has 2 aromatic rings. The van der Waals surface area contributed by atoms with Gasteiger partial charge in [0.2, 0.25) is 0 Å². The molecule has 21 heavy (non-hydrogen) atoms. The summed E-state index contributed by atoms with van der Waals surface area (Å²) in [7, 11) is 0. The third kappa shape index (κ3) is 4.68. The number of hydrogen-bond acceptors (Lipinski definition) is 3. The van der Waals surface area contributed by atoms with E-state index in [0.29, 0.717) is 34.2 Å². The minimum Gasteiger partial charge on any atom is -0.490 e. The molecule has 0 unspecified atom stereocenters. The minimum absolute atomic E-state index is 0.326. The normalized spacial score (nSPS) is 10.2. The van der Waals surface area contributed by atoms with Gasteiger partial charge in [-0.3, -0.25) is 0 Å². The molecule has 0 amide bonds. The molecular formula is C15H13BrFNO2S. The van der Waals surface area contributed by atoms with E-state index in [1.54, 1.807) is 18.2 Å². The van der Waals surface area contributed by atoms with Gasteiger partial charge in [0.25, 0.3) is 0 Å². The number of thiocarbonyl (C=S) groups is 1. The lowest BCUT2D eigenvalue weighted by atomic mass is 10.2. The van der Waals surface area contributed by atoms with Crippen LogP contribution in [-0.2, 0) is 0 Å². The zero-order valence-corrected chi connectivity index (χ0v) is 13.4. The second-order valence-corrected chi connectivity index (χ2v) is 5.46. The average molecular weight is 370 g/mol. The molecule has 0 aromatic heterocycles. The molecule has 0 aliphatic heterocycles. The van der Waals surface area contributed by atoms with E-state index in [4.69, 9.17) is 27.4 Å². The van der Waals surface area contributed by atoms with Crippen molar-refractivity contribution in [3.63, 3.8) is 0 Å². The van der Waals surface area contributed by atoms with Crippen LogP contribution in [0.3, 0.4) is 0 Å². The number of benzene rings is 2. The summed E-state index contributed by atoms with van der Waals surface area (Å²) in [5.74, 6) is 0.918. The lowest BCUT2D eigenvalue weighted by molar-refractivity contribution is 0.217. The third-order valence-electron chi connectivity index (χ3n) is 2.63. The molecule has 110 valence electrons. The molecule has 0 fully saturated rings. The van der Waals surface area contributed by atoms with Crippen molar-refractivity contribution >= 4 is 33.1 Å². The van der Waals surface area contributed by atoms with E-state index in [0.717, 1.165) is 5.56 Å². The predicted octanol–water partition coefficient (Wildman–Crippen LogP) is 3.68. The van der Waals surface area contributed by atoms with Crippen LogP contribution < -0.4 is 15.2 Å². The Labute approximate surface area is 136 Å². The van der Waals surface area contributed by atoms with Crippen LogP contribution in [0.25, 0.3) is 0 Å². The summed E-state index contributed by atoms with van der Waals surface area (Å²) < 4.78 is 24.4. The smallest absolute Gasteiger partial charge is 0.137 e. The Morgan fingerprint density at radius 2 is 1.76 bits per heavy atom. The second-order valence-electron chi connectivity index (χ2n) is 4.16. The summed E-state index contributed by atoms with van der Waals surface area (Å²) in [5.41, 5.74) is 6.31. The van der Waals surface area contributed by atoms with E-state index in [1.807, 2.05) is 18.2 Å². The van der Waals surface area contributed by atoms with Crippen molar-refractivity contribution in [3.05, 3.63) is 58.3 Å². The fraction of sp³-hybridized carbons (Fsp3) is 0.133. The second kappa shape index (κ2) is 7.38. The van der Waals surface area contributed by atoms with Gasteiger partial charge in [-0.05, 0) is 46.3 Å². The maximum atomic E-state index is 13.1. The molecule has 0 saturated heterocycles. The molecular weight excluding hydrogens is 357 g/mol. The molecule has 0 radical (unpaired) electrons. The van der Waals surface area contributed by atoms with Crippen molar-refractivity contribution in [3.8, 4) is 11.5 Å².